The van der Waals surface area contributed by atoms with Crippen molar-refractivity contribution in [3.8, 4) is 23.0 Å². The van der Waals surface area contributed by atoms with Gasteiger partial charge in [0, 0.05) is 12.1 Å². The number of benzene rings is 1. The number of nitrogens with one attached hydrogen (secondary N) is 2. The number of sulfonamides is 1. The van der Waals surface area contributed by atoms with Crippen LogP contribution >= 0.6 is 0 Å². The third-order valence-corrected chi connectivity index (χ3v) is 4.67. The van der Waals surface area contributed by atoms with Crippen LogP contribution in [0.5, 0.6) is 11.5 Å². The van der Waals surface area contributed by atoms with Crippen molar-refractivity contribution in [2.75, 3.05) is 18.9 Å². The van der Waals surface area contributed by atoms with Crippen LogP contribution in [0.2, 0.25) is 0 Å². The summed E-state index contributed by atoms with van der Waals surface area (Å²) in [5.41, 5.74) is 0.122. The molecular formula is C16H15N3O6S. The van der Waals surface area contributed by atoms with Gasteiger partial charge in [-0.1, -0.05) is 0 Å². The topological polar surface area (TPSA) is 124 Å². The molecule has 2 N–H and O–H groups in total. The minimum absolute atomic E-state index is 0.194. The molecular weight excluding hydrogens is 362 g/mol. The second-order valence-corrected chi connectivity index (χ2v) is 6.71. The average Bonchev–Trinajstić information content (AvgIpc) is 3.13. The molecule has 0 aliphatic carbocycles. The van der Waals surface area contributed by atoms with Gasteiger partial charge in [-0.15, -0.1) is 0 Å². The van der Waals surface area contributed by atoms with E-state index in [9.17, 15) is 13.2 Å². The highest BCUT2D eigenvalue weighted by Crippen LogP contribution is 2.31. The van der Waals surface area contributed by atoms with E-state index in [4.69, 9.17) is 13.9 Å². The van der Waals surface area contributed by atoms with Crippen LogP contribution in [0, 0.1) is 0 Å². The van der Waals surface area contributed by atoms with Crippen LogP contribution in [0.25, 0.3) is 11.5 Å². The van der Waals surface area contributed by atoms with E-state index in [2.05, 4.69) is 14.9 Å². The molecule has 0 radical (unpaired) electrons. The molecule has 0 saturated heterocycles. The van der Waals surface area contributed by atoms with Crippen molar-refractivity contribution in [1.29, 1.82) is 0 Å². The Bertz CT molecular complexity index is 1070. The van der Waals surface area contributed by atoms with E-state index in [0.29, 0.717) is 17.2 Å². The lowest BCUT2D eigenvalue weighted by molar-refractivity contribution is 0.404. The van der Waals surface area contributed by atoms with Crippen molar-refractivity contribution in [3.05, 3.63) is 52.8 Å². The largest absolute Gasteiger partial charge is 0.497 e. The van der Waals surface area contributed by atoms with Gasteiger partial charge in [0.25, 0.3) is 15.6 Å². The number of H-pyrrole nitrogens is 1. The molecule has 0 amide bonds. The maximum absolute atomic E-state index is 12.6. The van der Waals surface area contributed by atoms with Gasteiger partial charge in [-0.25, -0.2) is 5.10 Å². The monoisotopic (exact) mass is 377 g/mol. The molecule has 2 heterocycles. The number of rotatable bonds is 6. The highest BCUT2D eigenvalue weighted by Gasteiger charge is 2.22. The zero-order chi connectivity index (χ0) is 18.7. The van der Waals surface area contributed by atoms with Gasteiger partial charge in [-0.2, -0.15) is 13.5 Å². The number of methoxy groups -OCH3 is 2. The quantitative estimate of drug-likeness (QED) is 0.672. The molecule has 10 heteroatoms. The smallest absolute Gasteiger partial charge is 0.295 e. The molecule has 0 aliphatic heterocycles. The van der Waals surface area contributed by atoms with Crippen LogP contribution in [0.1, 0.15) is 0 Å². The summed E-state index contributed by atoms with van der Waals surface area (Å²) < 4.78 is 43.2. The second-order valence-electron chi connectivity index (χ2n) is 5.10. The first kappa shape index (κ1) is 17.5. The fourth-order valence-electron chi connectivity index (χ4n) is 2.17. The van der Waals surface area contributed by atoms with Gasteiger partial charge in [-0.05, 0) is 30.3 Å². The molecule has 0 fully saturated rings. The SMILES string of the molecule is COc1ccc(OC)c(NS(=O)(=O)c2ccc(-c3ccc(=O)[nH]n3)o2)c1. The number of aromatic amines is 1. The Morgan fingerprint density at radius 1 is 1.08 bits per heavy atom. The number of aromatic nitrogens is 2. The third-order valence-electron chi connectivity index (χ3n) is 3.43. The van der Waals surface area contributed by atoms with Crippen LogP contribution in [-0.2, 0) is 10.0 Å². The lowest BCUT2D eigenvalue weighted by atomic mass is 10.3. The number of ether oxygens (including phenoxy) is 2. The normalized spacial score (nSPS) is 11.2. The number of hydrogen-bond acceptors (Lipinski definition) is 7. The first-order valence-corrected chi connectivity index (χ1v) is 8.82. The molecule has 0 spiro atoms. The second kappa shape index (κ2) is 6.92. The van der Waals surface area contributed by atoms with Crippen LogP contribution < -0.4 is 19.8 Å². The molecule has 0 saturated carbocycles. The van der Waals surface area contributed by atoms with Gasteiger partial charge in [0.05, 0.1) is 19.9 Å². The summed E-state index contributed by atoms with van der Waals surface area (Å²) in [6, 6.07) is 10.1. The van der Waals surface area contributed by atoms with Crippen LogP contribution in [0.15, 0.2) is 56.8 Å². The van der Waals surface area contributed by atoms with Gasteiger partial charge in [-0.3, -0.25) is 9.52 Å². The van der Waals surface area contributed by atoms with E-state index >= 15 is 0 Å². The summed E-state index contributed by atoms with van der Waals surface area (Å²) in [4.78, 5) is 11.1. The number of furan rings is 1. The molecule has 0 aliphatic rings. The van der Waals surface area contributed by atoms with Gasteiger partial charge in [0.1, 0.15) is 17.2 Å². The van der Waals surface area contributed by atoms with Gasteiger partial charge in [0.15, 0.2) is 5.76 Å². The maximum atomic E-state index is 12.6. The van der Waals surface area contributed by atoms with Crippen molar-refractivity contribution in [2.24, 2.45) is 0 Å². The summed E-state index contributed by atoms with van der Waals surface area (Å²) in [7, 11) is -1.13. The molecule has 136 valence electrons. The van der Waals surface area contributed by atoms with E-state index in [0.717, 1.165) is 0 Å². The van der Waals surface area contributed by atoms with E-state index in [1.807, 2.05) is 0 Å². The summed E-state index contributed by atoms with van der Waals surface area (Å²) >= 11 is 0. The highest BCUT2D eigenvalue weighted by atomic mass is 32.2. The Morgan fingerprint density at radius 2 is 1.88 bits per heavy atom. The molecule has 3 aromatic rings. The van der Waals surface area contributed by atoms with Crippen LogP contribution in [-0.4, -0.2) is 32.8 Å². The first-order chi connectivity index (χ1) is 12.4. The van der Waals surface area contributed by atoms with Crippen molar-refractivity contribution < 1.29 is 22.3 Å². The van der Waals surface area contributed by atoms with Gasteiger partial charge < -0.3 is 13.9 Å². The van der Waals surface area contributed by atoms with Crippen molar-refractivity contribution in [2.45, 2.75) is 5.09 Å². The number of anilines is 1. The van der Waals surface area contributed by atoms with Gasteiger partial charge >= 0.3 is 0 Å². The zero-order valence-corrected chi connectivity index (χ0v) is 14.7. The van der Waals surface area contributed by atoms with E-state index in [1.54, 1.807) is 12.1 Å². The maximum Gasteiger partial charge on any atom is 0.295 e. The standard InChI is InChI=1S/C16H15N3O6S/c1-23-10-3-5-13(24-2)12(9-10)19-26(21,22)16-8-6-14(25-16)11-4-7-15(20)18-17-11/h3-9,19H,1-2H3,(H,18,20). The minimum Gasteiger partial charge on any atom is -0.497 e. The summed E-state index contributed by atoms with van der Waals surface area (Å²) in [6.07, 6.45) is 0. The average molecular weight is 377 g/mol. The predicted octanol–water partition coefficient (Wildman–Crippen LogP) is 1.85. The summed E-state index contributed by atoms with van der Waals surface area (Å²) in [5, 5.41) is 5.73. The predicted molar refractivity (Wildman–Crippen MR) is 92.9 cm³/mol. The molecule has 2 aromatic heterocycles. The third kappa shape index (κ3) is 3.54. The van der Waals surface area contributed by atoms with E-state index < -0.39 is 10.0 Å². The highest BCUT2D eigenvalue weighted by molar-refractivity contribution is 7.92. The van der Waals surface area contributed by atoms with Crippen molar-refractivity contribution >= 4 is 15.7 Å². The first-order valence-electron chi connectivity index (χ1n) is 7.34. The summed E-state index contributed by atoms with van der Waals surface area (Å²) in [6.45, 7) is 0. The Labute approximate surface area is 148 Å². The lowest BCUT2D eigenvalue weighted by Crippen LogP contribution is -2.13. The summed E-state index contributed by atoms with van der Waals surface area (Å²) in [5.74, 6) is 0.976. The van der Waals surface area contributed by atoms with Crippen molar-refractivity contribution in [1.82, 2.24) is 10.2 Å². The Kier molecular flexibility index (Phi) is 4.67. The molecule has 1 aromatic carbocycles. The fraction of sp³-hybridized carbons (Fsp3) is 0.125. The minimum atomic E-state index is -4.02. The molecule has 3 rings (SSSR count). The molecule has 26 heavy (non-hydrogen) atoms. The fourth-order valence-corrected chi connectivity index (χ4v) is 3.17. The Hall–Kier alpha value is -3.27. The molecule has 0 bridgehead atoms. The van der Waals surface area contributed by atoms with Crippen molar-refractivity contribution in [3.63, 3.8) is 0 Å². The lowest BCUT2D eigenvalue weighted by Gasteiger charge is -2.12. The van der Waals surface area contributed by atoms with E-state index in [-0.39, 0.29) is 22.1 Å². The number of nitrogens with zero attached hydrogens (tertiary/aromatic N) is 1. The Morgan fingerprint density at radius 3 is 2.54 bits per heavy atom. The molecule has 0 unspecified atom stereocenters. The zero-order valence-electron chi connectivity index (χ0n) is 13.8. The molecule has 9 nitrogen and oxygen atoms in total. The van der Waals surface area contributed by atoms with Crippen LogP contribution in [0.4, 0.5) is 5.69 Å². The van der Waals surface area contributed by atoms with Gasteiger partial charge in [0.2, 0.25) is 5.09 Å². The van der Waals surface area contributed by atoms with E-state index in [1.165, 1.54) is 44.6 Å². The Balaban J connectivity index is 1.92. The number of hydrogen-bond donors (Lipinski definition) is 2. The molecule has 0 atom stereocenters. The van der Waals surface area contributed by atoms with Crippen LogP contribution in [0.3, 0.4) is 0 Å².